The first-order valence-corrected chi connectivity index (χ1v) is 9.01. The van der Waals surface area contributed by atoms with Gasteiger partial charge < -0.3 is 30.2 Å². The fourth-order valence-electron chi connectivity index (χ4n) is 2.80. The molecule has 1 aliphatic rings. The van der Waals surface area contributed by atoms with Crippen molar-refractivity contribution in [2.24, 2.45) is 0 Å². The van der Waals surface area contributed by atoms with Gasteiger partial charge in [0.25, 0.3) is 5.56 Å². The van der Waals surface area contributed by atoms with E-state index in [0.29, 0.717) is 16.6 Å². The number of nitrogens with zero attached hydrogens (tertiary/aromatic N) is 1. The molecule has 0 radical (unpaired) electrons. The lowest BCUT2D eigenvalue weighted by molar-refractivity contribution is 0.0133. The van der Waals surface area contributed by atoms with Gasteiger partial charge in [-0.3, -0.25) is 4.79 Å². The Hall–Kier alpha value is -1.64. The Bertz CT molecular complexity index is 775. The van der Waals surface area contributed by atoms with Crippen LogP contribution >= 0.6 is 7.80 Å². The van der Waals surface area contributed by atoms with Crippen LogP contribution in [0.25, 0.3) is 11.0 Å². The van der Waals surface area contributed by atoms with Gasteiger partial charge in [0.15, 0.2) is 0 Å². The largest absolute Gasteiger partial charge is 0.389 e. The van der Waals surface area contributed by atoms with Gasteiger partial charge in [-0.2, -0.15) is 0 Å². The van der Waals surface area contributed by atoms with E-state index in [-0.39, 0.29) is 18.5 Å². The summed E-state index contributed by atoms with van der Waals surface area (Å²) >= 11 is 0. The minimum atomic E-state index is -1.42. The second-order valence-electron chi connectivity index (χ2n) is 5.56. The maximum atomic E-state index is 11.7. The van der Waals surface area contributed by atoms with Gasteiger partial charge in [-0.15, -0.1) is 0 Å². The van der Waals surface area contributed by atoms with Gasteiger partial charge in [0, 0.05) is 11.8 Å². The molecule has 1 aliphatic heterocycles. The number of ether oxygens (including phenoxy) is 1. The first kappa shape index (κ1) is 16.2. The van der Waals surface area contributed by atoms with Crippen molar-refractivity contribution >= 4 is 18.8 Å². The number of aromatic amines is 2. The molecule has 2 aromatic heterocycles. The van der Waals surface area contributed by atoms with Crippen molar-refractivity contribution in [3.8, 4) is 0 Å². The number of aliphatic hydroxyl groups is 2. The molecule has 3 rings (SSSR count). The lowest BCUT2D eigenvalue weighted by Gasteiger charge is -2.14. The number of nitrogens with one attached hydrogen (secondary N) is 3. The normalized spacial score (nSPS) is 28.4. The maximum absolute atomic E-state index is 11.7. The topological polar surface area (TPSA) is 140 Å². The first-order chi connectivity index (χ1) is 11.0. The SMILES string of the molecule is C[P+](=O)COC[C@H]1N[C@@H](c2c[nH]c3c(=O)[nH]cnc23)[C@H](O)[C@@H]1O. The van der Waals surface area contributed by atoms with E-state index in [2.05, 4.69) is 20.3 Å². The van der Waals surface area contributed by atoms with E-state index < -0.39 is 32.1 Å². The van der Waals surface area contributed by atoms with Crippen LogP contribution in [0.5, 0.6) is 0 Å². The molecule has 1 fully saturated rings. The van der Waals surface area contributed by atoms with Gasteiger partial charge in [-0.1, -0.05) is 4.57 Å². The van der Waals surface area contributed by atoms with Gasteiger partial charge in [-0.05, 0) is 0 Å². The summed E-state index contributed by atoms with van der Waals surface area (Å²) in [5, 5.41) is 23.5. The average molecular weight is 341 g/mol. The van der Waals surface area contributed by atoms with E-state index in [1.54, 1.807) is 12.9 Å². The van der Waals surface area contributed by atoms with Crippen LogP contribution in [0.4, 0.5) is 0 Å². The molecule has 10 heteroatoms. The predicted molar refractivity (Wildman–Crippen MR) is 82.7 cm³/mol. The van der Waals surface area contributed by atoms with E-state index in [4.69, 9.17) is 4.74 Å². The molecule has 23 heavy (non-hydrogen) atoms. The monoisotopic (exact) mass is 341 g/mol. The number of hydrogen-bond acceptors (Lipinski definition) is 7. The Balaban J connectivity index is 1.81. The highest BCUT2D eigenvalue weighted by Crippen LogP contribution is 2.31. The molecule has 0 aromatic carbocycles. The third-order valence-electron chi connectivity index (χ3n) is 3.90. The minimum Gasteiger partial charge on any atom is -0.389 e. The van der Waals surface area contributed by atoms with Crippen molar-refractivity contribution in [1.29, 1.82) is 0 Å². The molecule has 1 saturated heterocycles. The summed E-state index contributed by atoms with van der Waals surface area (Å²) < 4.78 is 16.3. The Morgan fingerprint density at radius 3 is 2.87 bits per heavy atom. The predicted octanol–water partition coefficient (Wildman–Crippen LogP) is -0.583. The average Bonchev–Trinajstić information content (AvgIpc) is 3.04. The second-order valence-corrected chi connectivity index (χ2v) is 7.07. The zero-order chi connectivity index (χ0) is 16.6. The van der Waals surface area contributed by atoms with Crippen molar-refractivity contribution in [3.05, 3.63) is 28.4 Å². The van der Waals surface area contributed by atoms with Gasteiger partial charge in [0.2, 0.25) is 6.35 Å². The fraction of sp³-hybridized carbons (Fsp3) is 0.538. The number of H-pyrrole nitrogens is 2. The molecule has 0 amide bonds. The van der Waals surface area contributed by atoms with Crippen molar-refractivity contribution in [2.45, 2.75) is 24.3 Å². The number of rotatable bonds is 5. The van der Waals surface area contributed by atoms with Crippen LogP contribution in [0, 0.1) is 0 Å². The molecule has 1 unspecified atom stereocenters. The standard InChI is InChI=1S/C13H17N4O5P/c1-23(21)5-22-3-7-11(18)12(19)9(17-7)6-2-14-10-8(6)15-4-16-13(10)20/h2,4,7,9,11-12,17-19H,3,5H2,1H3,(H-,14,15,16,20)/p+1/t7-,9+,11-,12+/m1/s1. The Kier molecular flexibility index (Phi) is 4.56. The van der Waals surface area contributed by atoms with Crippen LogP contribution in [-0.2, 0) is 9.30 Å². The summed E-state index contributed by atoms with van der Waals surface area (Å²) in [5.41, 5.74) is 1.05. The molecule has 2 aromatic rings. The third kappa shape index (κ3) is 3.06. The molecule has 0 bridgehead atoms. The molecule has 5 N–H and O–H groups in total. The van der Waals surface area contributed by atoms with Gasteiger partial charge in [0.05, 0.1) is 31.1 Å². The van der Waals surface area contributed by atoms with Crippen LogP contribution < -0.4 is 10.9 Å². The Labute approximate surface area is 131 Å². The molecular weight excluding hydrogens is 323 g/mol. The summed E-state index contributed by atoms with van der Waals surface area (Å²) in [6.45, 7) is 1.68. The molecule has 9 nitrogen and oxygen atoms in total. The third-order valence-corrected chi connectivity index (χ3v) is 4.45. The van der Waals surface area contributed by atoms with E-state index >= 15 is 0 Å². The number of hydrogen-bond donors (Lipinski definition) is 5. The van der Waals surface area contributed by atoms with Gasteiger partial charge in [-0.25, -0.2) is 4.98 Å². The molecule has 3 heterocycles. The molecule has 0 aliphatic carbocycles. The Morgan fingerprint density at radius 1 is 1.35 bits per heavy atom. The lowest BCUT2D eigenvalue weighted by Crippen LogP contribution is -2.37. The van der Waals surface area contributed by atoms with E-state index in [9.17, 15) is 19.6 Å². The highest BCUT2D eigenvalue weighted by molar-refractivity contribution is 7.43. The number of aromatic nitrogens is 3. The van der Waals surface area contributed by atoms with Crippen LogP contribution in [-0.4, -0.2) is 63.0 Å². The van der Waals surface area contributed by atoms with E-state index in [0.717, 1.165) is 0 Å². The summed E-state index contributed by atoms with van der Waals surface area (Å²) in [7, 11) is -1.42. The maximum Gasteiger partial charge on any atom is 0.363 e. The van der Waals surface area contributed by atoms with E-state index in [1.165, 1.54) is 6.33 Å². The fourth-order valence-corrected chi connectivity index (χ4v) is 3.16. The van der Waals surface area contributed by atoms with E-state index in [1.807, 2.05) is 0 Å². The first-order valence-electron chi connectivity index (χ1n) is 7.12. The zero-order valence-corrected chi connectivity index (χ0v) is 13.3. The lowest BCUT2D eigenvalue weighted by atomic mass is 10.0. The summed E-state index contributed by atoms with van der Waals surface area (Å²) in [6, 6.07) is -1.09. The van der Waals surface area contributed by atoms with Gasteiger partial charge >= 0.3 is 7.80 Å². The second kappa shape index (κ2) is 6.46. The van der Waals surface area contributed by atoms with Crippen molar-refractivity contribution in [2.75, 3.05) is 19.6 Å². The molecule has 124 valence electrons. The smallest absolute Gasteiger partial charge is 0.363 e. The number of aliphatic hydroxyl groups excluding tert-OH is 2. The van der Waals surface area contributed by atoms with Crippen molar-refractivity contribution in [3.63, 3.8) is 0 Å². The van der Waals surface area contributed by atoms with Crippen LogP contribution in [0.3, 0.4) is 0 Å². The quantitative estimate of drug-likeness (QED) is 0.458. The van der Waals surface area contributed by atoms with Crippen LogP contribution in [0.1, 0.15) is 11.6 Å². The molecular formula is C13H18N4O5P+. The van der Waals surface area contributed by atoms with Crippen molar-refractivity contribution < 1.29 is 19.5 Å². The summed E-state index contributed by atoms with van der Waals surface area (Å²) in [6.07, 6.45) is 0.872. The van der Waals surface area contributed by atoms with Crippen LogP contribution in [0.2, 0.25) is 0 Å². The highest BCUT2D eigenvalue weighted by Gasteiger charge is 2.43. The zero-order valence-electron chi connectivity index (χ0n) is 12.4. The summed E-state index contributed by atoms with van der Waals surface area (Å²) in [5.74, 6) is 0. The molecule has 0 saturated carbocycles. The van der Waals surface area contributed by atoms with Crippen LogP contribution in [0.15, 0.2) is 17.3 Å². The molecule has 5 atom stereocenters. The highest BCUT2D eigenvalue weighted by atomic mass is 31.1. The molecule has 0 spiro atoms. The summed E-state index contributed by atoms with van der Waals surface area (Å²) in [4.78, 5) is 21.1. The van der Waals surface area contributed by atoms with Gasteiger partial charge in [0.1, 0.15) is 23.8 Å². The number of fused-ring (bicyclic) bond motifs is 1. The van der Waals surface area contributed by atoms with Crippen molar-refractivity contribution in [1.82, 2.24) is 20.3 Å². The Morgan fingerprint density at radius 2 is 2.13 bits per heavy atom. The minimum absolute atomic E-state index is 0.102.